The topological polar surface area (TPSA) is 84.9 Å². The molecule has 1 aromatic rings. The largest absolute Gasteiger partial charge is 0.492 e. The summed E-state index contributed by atoms with van der Waals surface area (Å²) < 4.78 is 10.2. The number of aliphatic carboxylic acids is 1. The van der Waals surface area contributed by atoms with Crippen LogP contribution in [0.5, 0.6) is 5.75 Å². The molecule has 0 saturated carbocycles. The number of carbonyl (C=O) groups excluding carboxylic acids is 1. The third-order valence-corrected chi connectivity index (χ3v) is 2.27. The van der Waals surface area contributed by atoms with Gasteiger partial charge in [0.1, 0.15) is 12.4 Å². The Labute approximate surface area is 111 Å². The van der Waals surface area contributed by atoms with Crippen molar-refractivity contribution in [3.8, 4) is 5.75 Å². The number of hydrogen-bond acceptors (Lipinski definition) is 4. The fourth-order valence-corrected chi connectivity index (χ4v) is 1.31. The number of carboxylic acids is 1. The molecule has 0 bridgehead atoms. The lowest BCUT2D eigenvalue weighted by Crippen LogP contribution is -2.26. The number of carboxylic acid groups (broad SMARTS) is 1. The summed E-state index contributed by atoms with van der Waals surface area (Å²) >= 11 is 0. The van der Waals surface area contributed by atoms with Crippen molar-refractivity contribution in [3.05, 3.63) is 24.3 Å². The van der Waals surface area contributed by atoms with Crippen LogP contribution in [0.25, 0.3) is 0 Å². The molecular weight excluding hydrogens is 250 g/mol. The van der Waals surface area contributed by atoms with Crippen LogP contribution in [-0.4, -0.2) is 36.3 Å². The highest BCUT2D eigenvalue weighted by Gasteiger charge is 2.14. The third kappa shape index (κ3) is 4.97. The molecule has 104 valence electrons. The van der Waals surface area contributed by atoms with Crippen molar-refractivity contribution in [2.45, 2.75) is 20.0 Å². The average molecular weight is 267 g/mol. The summed E-state index contributed by atoms with van der Waals surface area (Å²) in [4.78, 5) is 22.1. The van der Waals surface area contributed by atoms with Crippen molar-refractivity contribution < 1.29 is 24.2 Å². The van der Waals surface area contributed by atoms with Crippen LogP contribution in [0.3, 0.4) is 0 Å². The van der Waals surface area contributed by atoms with Crippen LogP contribution in [0.4, 0.5) is 5.69 Å². The number of amides is 1. The van der Waals surface area contributed by atoms with Gasteiger partial charge in [-0.15, -0.1) is 0 Å². The molecule has 0 aliphatic heterocycles. The molecule has 0 fully saturated rings. The fourth-order valence-electron chi connectivity index (χ4n) is 1.31. The van der Waals surface area contributed by atoms with Crippen molar-refractivity contribution in [3.63, 3.8) is 0 Å². The summed E-state index contributed by atoms with van der Waals surface area (Å²) in [6.45, 7) is 3.37. The zero-order valence-electron chi connectivity index (χ0n) is 10.9. The van der Waals surface area contributed by atoms with E-state index in [9.17, 15) is 9.59 Å². The zero-order valence-corrected chi connectivity index (χ0v) is 10.9. The van der Waals surface area contributed by atoms with Gasteiger partial charge in [-0.1, -0.05) is 12.1 Å². The van der Waals surface area contributed by atoms with E-state index in [0.717, 1.165) is 0 Å². The third-order valence-electron chi connectivity index (χ3n) is 2.27. The molecular formula is C13H17NO5. The second kappa shape index (κ2) is 7.38. The maximum Gasteiger partial charge on any atom is 0.332 e. The summed E-state index contributed by atoms with van der Waals surface area (Å²) in [5.41, 5.74) is 0.529. The highest BCUT2D eigenvalue weighted by molar-refractivity contribution is 5.93. The standard InChI is InChI=1S/C13H17NO5/c1-3-18-11-7-5-4-6-10(11)14-12(15)8-19-9(2)13(16)17/h4-7,9H,3,8H2,1-2H3,(H,14,15)(H,16,17)/t9-/m0/s1. The lowest BCUT2D eigenvalue weighted by molar-refractivity contribution is -0.150. The molecule has 0 radical (unpaired) electrons. The molecule has 1 rings (SSSR count). The van der Waals surface area contributed by atoms with Crippen LogP contribution >= 0.6 is 0 Å². The predicted octanol–water partition coefficient (Wildman–Crippen LogP) is 1.51. The van der Waals surface area contributed by atoms with E-state index in [2.05, 4.69) is 5.32 Å². The van der Waals surface area contributed by atoms with E-state index in [1.165, 1.54) is 6.92 Å². The van der Waals surface area contributed by atoms with Gasteiger partial charge in [-0.05, 0) is 26.0 Å². The Morgan fingerprint density at radius 3 is 2.68 bits per heavy atom. The number of hydrogen-bond donors (Lipinski definition) is 2. The molecule has 0 saturated heterocycles. The summed E-state index contributed by atoms with van der Waals surface area (Å²) in [5.74, 6) is -0.979. The van der Waals surface area contributed by atoms with Gasteiger partial charge in [-0.2, -0.15) is 0 Å². The first kappa shape index (κ1) is 15.0. The zero-order chi connectivity index (χ0) is 14.3. The van der Waals surface area contributed by atoms with Gasteiger partial charge in [0.15, 0.2) is 6.10 Å². The summed E-state index contributed by atoms with van der Waals surface area (Å²) in [6, 6.07) is 6.99. The number of benzene rings is 1. The summed E-state index contributed by atoms with van der Waals surface area (Å²) in [6.07, 6.45) is -1.02. The molecule has 19 heavy (non-hydrogen) atoms. The van der Waals surface area contributed by atoms with Gasteiger partial charge in [-0.25, -0.2) is 4.79 Å². The van der Waals surface area contributed by atoms with Crippen molar-refractivity contribution in [2.24, 2.45) is 0 Å². The van der Waals surface area contributed by atoms with Gasteiger partial charge < -0.3 is 19.9 Å². The van der Waals surface area contributed by atoms with Crippen molar-refractivity contribution in [2.75, 3.05) is 18.5 Å². The molecule has 0 unspecified atom stereocenters. The number of rotatable bonds is 7. The van der Waals surface area contributed by atoms with E-state index in [-0.39, 0.29) is 6.61 Å². The SMILES string of the molecule is CCOc1ccccc1NC(=O)CO[C@@H](C)C(=O)O. The molecule has 0 aliphatic carbocycles. The molecule has 1 amide bonds. The smallest absolute Gasteiger partial charge is 0.332 e. The first-order chi connectivity index (χ1) is 9.04. The molecule has 0 aliphatic rings. The Hall–Kier alpha value is -2.08. The van der Waals surface area contributed by atoms with E-state index in [1.807, 2.05) is 6.92 Å². The number of nitrogens with one attached hydrogen (secondary N) is 1. The first-order valence-electron chi connectivity index (χ1n) is 5.90. The van der Waals surface area contributed by atoms with Gasteiger partial charge in [0.25, 0.3) is 5.91 Å². The molecule has 0 spiro atoms. The maximum absolute atomic E-state index is 11.6. The molecule has 0 aromatic heterocycles. The minimum absolute atomic E-state index is 0.325. The molecule has 6 nitrogen and oxygen atoms in total. The van der Waals surface area contributed by atoms with Gasteiger partial charge in [0.05, 0.1) is 12.3 Å². The van der Waals surface area contributed by atoms with Crippen molar-refractivity contribution in [1.82, 2.24) is 0 Å². The van der Waals surface area contributed by atoms with Crippen LogP contribution in [0.2, 0.25) is 0 Å². The molecule has 6 heteroatoms. The van der Waals surface area contributed by atoms with Crippen LogP contribution in [0, 0.1) is 0 Å². The second-order valence-corrected chi connectivity index (χ2v) is 3.77. The van der Waals surface area contributed by atoms with E-state index in [0.29, 0.717) is 18.0 Å². The number of carbonyl (C=O) groups is 2. The lowest BCUT2D eigenvalue weighted by atomic mass is 10.3. The molecule has 0 heterocycles. The highest BCUT2D eigenvalue weighted by Crippen LogP contribution is 2.23. The Bertz CT molecular complexity index is 446. The Morgan fingerprint density at radius 2 is 2.05 bits per heavy atom. The predicted molar refractivity (Wildman–Crippen MR) is 69.3 cm³/mol. The Morgan fingerprint density at radius 1 is 1.37 bits per heavy atom. The van der Waals surface area contributed by atoms with E-state index in [4.69, 9.17) is 14.6 Å². The summed E-state index contributed by atoms with van der Waals surface area (Å²) in [5, 5.41) is 11.2. The van der Waals surface area contributed by atoms with Crippen molar-refractivity contribution in [1.29, 1.82) is 0 Å². The maximum atomic E-state index is 11.6. The minimum Gasteiger partial charge on any atom is -0.492 e. The fraction of sp³-hybridized carbons (Fsp3) is 0.385. The van der Waals surface area contributed by atoms with Gasteiger partial charge in [0, 0.05) is 0 Å². The summed E-state index contributed by atoms with van der Waals surface area (Å²) in [7, 11) is 0. The number of anilines is 1. The average Bonchev–Trinajstić information content (AvgIpc) is 2.38. The molecule has 2 N–H and O–H groups in total. The Kier molecular flexibility index (Phi) is 5.81. The minimum atomic E-state index is -1.11. The van der Waals surface area contributed by atoms with Gasteiger partial charge in [-0.3, -0.25) is 4.79 Å². The lowest BCUT2D eigenvalue weighted by Gasteiger charge is -2.12. The van der Waals surface area contributed by atoms with Crippen LogP contribution < -0.4 is 10.1 Å². The second-order valence-electron chi connectivity index (χ2n) is 3.77. The van der Waals surface area contributed by atoms with E-state index in [1.54, 1.807) is 24.3 Å². The van der Waals surface area contributed by atoms with Crippen molar-refractivity contribution >= 4 is 17.6 Å². The quantitative estimate of drug-likeness (QED) is 0.782. The normalized spacial score (nSPS) is 11.7. The van der Waals surface area contributed by atoms with Gasteiger partial charge in [0.2, 0.25) is 0 Å². The van der Waals surface area contributed by atoms with Crippen LogP contribution in [0.15, 0.2) is 24.3 Å². The first-order valence-corrected chi connectivity index (χ1v) is 5.90. The highest BCUT2D eigenvalue weighted by atomic mass is 16.5. The Balaban J connectivity index is 2.55. The van der Waals surface area contributed by atoms with Gasteiger partial charge >= 0.3 is 5.97 Å². The molecule has 1 aromatic carbocycles. The van der Waals surface area contributed by atoms with E-state index >= 15 is 0 Å². The number of ether oxygens (including phenoxy) is 2. The van der Waals surface area contributed by atoms with Crippen LogP contribution in [-0.2, 0) is 14.3 Å². The monoisotopic (exact) mass is 267 g/mol. The number of para-hydroxylation sites is 2. The van der Waals surface area contributed by atoms with E-state index < -0.39 is 18.0 Å². The molecule has 1 atom stereocenters. The van der Waals surface area contributed by atoms with Crippen LogP contribution in [0.1, 0.15) is 13.8 Å².